The molecule has 0 aliphatic heterocycles. The van der Waals surface area contributed by atoms with Crippen LogP contribution in [0.15, 0.2) is 60.8 Å². The second kappa shape index (κ2) is 23.2. The lowest BCUT2D eigenvalue weighted by Crippen LogP contribution is -2.38. The van der Waals surface area contributed by atoms with E-state index in [1.54, 1.807) is 0 Å². The number of aliphatic carboxylic acids is 1. The SMILES string of the molecule is CC/C=C\C/C=C\C/C=C\C/C=C\C/C=C\CCCC(=O)NCCC(S)(S)CNC(=O)CCC(=O)O. The number of nitrogens with one attached hydrogen (secondary N) is 2. The Balaban J connectivity index is 3.75. The van der Waals surface area contributed by atoms with E-state index >= 15 is 0 Å². The van der Waals surface area contributed by atoms with Gasteiger partial charge in [-0.3, -0.25) is 14.4 Å². The molecule has 3 N–H and O–H groups in total. The van der Waals surface area contributed by atoms with Crippen LogP contribution in [0.25, 0.3) is 0 Å². The van der Waals surface area contributed by atoms with Crippen molar-refractivity contribution in [3.05, 3.63) is 60.8 Å². The predicted octanol–water partition coefficient (Wildman–Crippen LogP) is 5.95. The second-order valence-electron chi connectivity index (χ2n) is 8.35. The number of unbranched alkanes of at least 4 members (excludes halogenated alkanes) is 1. The molecule has 0 rings (SSSR count). The van der Waals surface area contributed by atoms with E-state index in [1.165, 1.54) is 0 Å². The Bertz CT molecular complexity index is 772. The number of carboxylic acid groups (broad SMARTS) is 1. The number of hydrogen-bond donors (Lipinski definition) is 5. The Labute approximate surface area is 228 Å². The minimum absolute atomic E-state index is 0.0229. The van der Waals surface area contributed by atoms with E-state index in [2.05, 4.69) is 104 Å². The largest absolute Gasteiger partial charge is 0.481 e. The fourth-order valence-electron chi connectivity index (χ4n) is 2.88. The summed E-state index contributed by atoms with van der Waals surface area (Å²) in [6, 6.07) is 0. The number of thiol groups is 2. The van der Waals surface area contributed by atoms with Crippen molar-refractivity contribution in [2.75, 3.05) is 13.1 Å². The molecular formula is C28H44N2O4S2. The molecule has 36 heavy (non-hydrogen) atoms. The average Bonchev–Trinajstić information content (AvgIpc) is 2.83. The first kappa shape index (κ1) is 33.8. The van der Waals surface area contributed by atoms with Gasteiger partial charge in [0.2, 0.25) is 11.8 Å². The highest BCUT2D eigenvalue weighted by molar-refractivity contribution is 8.00. The standard InChI is InChI=1S/C28H44N2O4S2/c1-2-3-4-5-6-7-8-9-10-11-12-13-14-15-16-17-18-19-25(31)29-23-22-28(35,36)24-30-26(32)20-21-27(33)34/h3-4,6-7,9-10,12-13,15-16,35-36H,2,5,8,11,14,17-24H2,1H3,(H,29,31)(H,30,32)(H,33,34)/b4-3-,7-6-,10-9-,13-12-,16-15-. The minimum atomic E-state index is -1.02. The molecule has 0 atom stereocenters. The fourth-order valence-corrected chi connectivity index (χ4v) is 3.26. The van der Waals surface area contributed by atoms with Crippen molar-refractivity contribution in [3.8, 4) is 0 Å². The molecule has 0 saturated heterocycles. The predicted molar refractivity (Wildman–Crippen MR) is 157 cm³/mol. The minimum Gasteiger partial charge on any atom is -0.481 e. The van der Waals surface area contributed by atoms with Crippen LogP contribution in [0.5, 0.6) is 0 Å². The van der Waals surface area contributed by atoms with Gasteiger partial charge < -0.3 is 15.7 Å². The topological polar surface area (TPSA) is 95.5 Å². The van der Waals surface area contributed by atoms with Crippen molar-refractivity contribution in [1.82, 2.24) is 10.6 Å². The van der Waals surface area contributed by atoms with Gasteiger partial charge in [-0.25, -0.2) is 0 Å². The summed E-state index contributed by atoms with van der Waals surface area (Å²) in [5.41, 5.74) is 0. The molecule has 0 bridgehead atoms. The molecule has 0 aliphatic carbocycles. The molecular weight excluding hydrogens is 492 g/mol. The summed E-state index contributed by atoms with van der Waals surface area (Å²) in [5, 5.41) is 14.1. The third-order valence-corrected chi connectivity index (χ3v) is 5.68. The molecule has 0 radical (unpaired) electrons. The van der Waals surface area contributed by atoms with Crippen LogP contribution in [0.4, 0.5) is 0 Å². The Morgan fingerprint density at radius 1 is 0.722 bits per heavy atom. The summed E-state index contributed by atoms with van der Waals surface area (Å²) in [6.45, 7) is 2.72. The molecule has 2 amide bonds. The van der Waals surface area contributed by atoms with Crippen LogP contribution in [0.2, 0.25) is 0 Å². The van der Waals surface area contributed by atoms with Gasteiger partial charge in [-0.1, -0.05) is 67.7 Å². The van der Waals surface area contributed by atoms with Gasteiger partial charge in [0.1, 0.15) is 0 Å². The first-order valence-electron chi connectivity index (χ1n) is 12.7. The quantitative estimate of drug-likeness (QED) is 0.0542. The molecule has 0 aromatic carbocycles. The third-order valence-electron chi connectivity index (χ3n) is 4.91. The van der Waals surface area contributed by atoms with Crippen molar-refractivity contribution in [3.63, 3.8) is 0 Å². The summed E-state index contributed by atoms with van der Waals surface area (Å²) < 4.78 is -0.791. The lowest BCUT2D eigenvalue weighted by atomic mass is 10.2. The summed E-state index contributed by atoms with van der Waals surface area (Å²) in [5.74, 6) is -1.40. The van der Waals surface area contributed by atoms with E-state index in [0.717, 1.165) is 44.9 Å². The molecule has 6 nitrogen and oxygen atoms in total. The Morgan fingerprint density at radius 2 is 1.22 bits per heavy atom. The van der Waals surface area contributed by atoms with Crippen LogP contribution >= 0.6 is 25.3 Å². The maximum Gasteiger partial charge on any atom is 0.303 e. The third kappa shape index (κ3) is 24.9. The summed E-state index contributed by atoms with van der Waals surface area (Å²) in [7, 11) is 0. The number of rotatable bonds is 21. The van der Waals surface area contributed by atoms with Gasteiger partial charge in [0, 0.05) is 25.9 Å². The molecule has 0 fully saturated rings. The lowest BCUT2D eigenvalue weighted by Gasteiger charge is -2.23. The normalized spacial score (nSPS) is 12.5. The van der Waals surface area contributed by atoms with E-state index in [1.807, 2.05) is 0 Å². The first-order valence-corrected chi connectivity index (χ1v) is 13.6. The zero-order valence-electron chi connectivity index (χ0n) is 21.5. The molecule has 0 aromatic rings. The first-order chi connectivity index (χ1) is 17.3. The zero-order valence-corrected chi connectivity index (χ0v) is 23.3. The smallest absolute Gasteiger partial charge is 0.303 e. The number of carbonyl (C=O) groups is 3. The highest BCUT2D eigenvalue weighted by Gasteiger charge is 2.21. The second-order valence-corrected chi connectivity index (χ2v) is 10.4. The van der Waals surface area contributed by atoms with Crippen LogP contribution in [0, 0.1) is 0 Å². The summed E-state index contributed by atoms with van der Waals surface area (Å²) in [6.07, 6.45) is 28.8. The molecule has 8 heteroatoms. The van der Waals surface area contributed by atoms with Crippen molar-refractivity contribution in [2.45, 2.75) is 81.6 Å². The molecule has 0 aromatic heterocycles. The number of carboxylic acids is 1. The average molecular weight is 537 g/mol. The fraction of sp³-hybridized carbons (Fsp3) is 0.536. The maximum atomic E-state index is 12.0. The van der Waals surface area contributed by atoms with Crippen molar-refractivity contribution < 1.29 is 19.5 Å². The van der Waals surface area contributed by atoms with Crippen molar-refractivity contribution in [1.29, 1.82) is 0 Å². The van der Waals surface area contributed by atoms with Crippen LogP contribution in [0.1, 0.15) is 77.6 Å². The van der Waals surface area contributed by atoms with E-state index in [4.69, 9.17) is 5.11 Å². The van der Waals surface area contributed by atoms with E-state index in [9.17, 15) is 14.4 Å². The van der Waals surface area contributed by atoms with Gasteiger partial charge in [0.05, 0.1) is 10.5 Å². The van der Waals surface area contributed by atoms with Crippen molar-refractivity contribution in [2.24, 2.45) is 0 Å². The number of allylic oxidation sites excluding steroid dienone is 10. The van der Waals surface area contributed by atoms with Crippen LogP contribution in [-0.2, 0) is 14.4 Å². The Kier molecular flexibility index (Phi) is 21.8. The molecule has 0 heterocycles. The molecule has 0 saturated carbocycles. The number of hydrogen-bond acceptors (Lipinski definition) is 5. The lowest BCUT2D eigenvalue weighted by molar-refractivity contribution is -0.138. The van der Waals surface area contributed by atoms with Crippen LogP contribution in [-0.4, -0.2) is 40.1 Å². The van der Waals surface area contributed by atoms with Gasteiger partial charge in [-0.2, -0.15) is 25.3 Å². The Morgan fingerprint density at radius 3 is 1.75 bits per heavy atom. The number of carbonyl (C=O) groups excluding carboxylic acids is 2. The maximum absolute atomic E-state index is 12.0. The summed E-state index contributed by atoms with van der Waals surface area (Å²) >= 11 is 8.81. The van der Waals surface area contributed by atoms with E-state index in [-0.39, 0.29) is 31.2 Å². The molecule has 0 spiro atoms. The van der Waals surface area contributed by atoms with Crippen LogP contribution < -0.4 is 10.6 Å². The monoisotopic (exact) mass is 536 g/mol. The highest BCUT2D eigenvalue weighted by Crippen LogP contribution is 2.22. The van der Waals surface area contributed by atoms with Gasteiger partial charge in [-0.15, -0.1) is 0 Å². The number of amides is 2. The van der Waals surface area contributed by atoms with E-state index < -0.39 is 10.0 Å². The molecule has 0 unspecified atom stereocenters. The molecule has 0 aliphatic rings. The van der Waals surface area contributed by atoms with Gasteiger partial charge in [0.15, 0.2) is 0 Å². The van der Waals surface area contributed by atoms with E-state index in [0.29, 0.717) is 19.4 Å². The van der Waals surface area contributed by atoms with Gasteiger partial charge in [-0.05, 0) is 51.4 Å². The summed E-state index contributed by atoms with van der Waals surface area (Å²) in [4.78, 5) is 34.0. The van der Waals surface area contributed by atoms with Crippen molar-refractivity contribution >= 4 is 43.0 Å². The zero-order chi connectivity index (χ0) is 26.9. The van der Waals surface area contributed by atoms with Gasteiger partial charge >= 0.3 is 5.97 Å². The molecule has 202 valence electrons. The van der Waals surface area contributed by atoms with Gasteiger partial charge in [0.25, 0.3) is 0 Å². The highest BCUT2D eigenvalue weighted by atomic mass is 32.2. The Hall–Kier alpha value is -2.19. The van der Waals surface area contributed by atoms with Crippen LogP contribution in [0.3, 0.4) is 0 Å².